The molecule has 3 aromatic heterocycles. The first-order chi connectivity index (χ1) is 10.8. The van der Waals surface area contributed by atoms with Crippen LogP contribution in [0.5, 0.6) is 0 Å². The third kappa shape index (κ3) is 3.18. The van der Waals surface area contributed by atoms with Crippen LogP contribution in [0, 0.1) is 0 Å². The summed E-state index contributed by atoms with van der Waals surface area (Å²) < 4.78 is 6.84. The number of pyridine rings is 1. The fraction of sp³-hybridized carbons (Fsp3) is 0.250. The lowest BCUT2D eigenvalue weighted by Crippen LogP contribution is -2.33. The van der Waals surface area contributed by atoms with Crippen LogP contribution in [0.2, 0.25) is 0 Å². The lowest BCUT2D eigenvalue weighted by atomic mass is 10.3. The second-order valence-corrected chi connectivity index (χ2v) is 5.93. The van der Waals surface area contributed by atoms with Crippen LogP contribution in [-0.4, -0.2) is 40.7 Å². The molecule has 0 aliphatic rings. The van der Waals surface area contributed by atoms with Crippen molar-refractivity contribution in [2.75, 3.05) is 20.3 Å². The zero-order valence-electron chi connectivity index (χ0n) is 12.3. The van der Waals surface area contributed by atoms with Crippen molar-refractivity contribution in [1.82, 2.24) is 14.5 Å². The van der Waals surface area contributed by atoms with Crippen molar-refractivity contribution in [2.45, 2.75) is 6.54 Å². The van der Waals surface area contributed by atoms with Gasteiger partial charge in [0, 0.05) is 24.7 Å². The molecule has 0 unspecified atom stereocenters. The predicted octanol–water partition coefficient (Wildman–Crippen LogP) is 2.68. The minimum Gasteiger partial charge on any atom is -0.383 e. The molecule has 0 spiro atoms. The van der Waals surface area contributed by atoms with Crippen LogP contribution in [0.3, 0.4) is 0 Å². The van der Waals surface area contributed by atoms with Crippen LogP contribution in [0.4, 0.5) is 0 Å². The highest BCUT2D eigenvalue weighted by Gasteiger charge is 2.19. The second-order valence-electron chi connectivity index (χ2n) is 4.90. The molecule has 0 bridgehead atoms. The third-order valence-electron chi connectivity index (χ3n) is 3.37. The first-order valence-corrected chi connectivity index (χ1v) is 7.91. The molecule has 3 heterocycles. The molecule has 3 rings (SSSR count). The monoisotopic (exact) mass is 315 g/mol. The van der Waals surface area contributed by atoms with Gasteiger partial charge in [0.2, 0.25) is 0 Å². The average molecular weight is 315 g/mol. The predicted molar refractivity (Wildman–Crippen MR) is 86.1 cm³/mol. The quantitative estimate of drug-likeness (QED) is 0.702. The topological polar surface area (TPSA) is 46.8 Å². The largest absolute Gasteiger partial charge is 0.383 e. The molecule has 1 amide bonds. The summed E-state index contributed by atoms with van der Waals surface area (Å²) in [6, 6.07) is 11.6. The van der Waals surface area contributed by atoms with Crippen molar-refractivity contribution in [3.63, 3.8) is 0 Å². The van der Waals surface area contributed by atoms with Crippen molar-refractivity contribution in [3.05, 3.63) is 58.5 Å². The molecule has 0 aliphatic carbocycles. The number of amides is 1. The van der Waals surface area contributed by atoms with E-state index in [1.807, 2.05) is 48.0 Å². The fourth-order valence-corrected chi connectivity index (χ4v) is 2.97. The number of carbonyl (C=O) groups excluding carboxylic acids is 1. The summed E-state index contributed by atoms with van der Waals surface area (Å²) in [5, 5.41) is 6.37. The fourth-order valence-electron chi connectivity index (χ4n) is 2.25. The number of rotatable bonds is 6. The summed E-state index contributed by atoms with van der Waals surface area (Å²) in [4.78, 5) is 15.7. The first-order valence-electron chi connectivity index (χ1n) is 7.03. The van der Waals surface area contributed by atoms with Crippen LogP contribution in [0.15, 0.2) is 48.0 Å². The molecule has 22 heavy (non-hydrogen) atoms. The zero-order chi connectivity index (χ0) is 15.4. The Hall–Kier alpha value is -2.18. The first kappa shape index (κ1) is 14.7. The molecule has 0 saturated heterocycles. The molecule has 0 aromatic carbocycles. The van der Waals surface area contributed by atoms with E-state index in [0.29, 0.717) is 25.4 Å². The highest BCUT2D eigenvalue weighted by atomic mass is 32.1. The van der Waals surface area contributed by atoms with Gasteiger partial charge in [0.1, 0.15) is 0 Å². The molecule has 0 fully saturated rings. The number of carbonyl (C=O) groups is 1. The molecule has 114 valence electrons. The van der Waals surface area contributed by atoms with Crippen molar-refractivity contribution >= 4 is 22.8 Å². The van der Waals surface area contributed by atoms with Gasteiger partial charge in [-0.25, -0.2) is 4.52 Å². The van der Waals surface area contributed by atoms with E-state index in [9.17, 15) is 4.79 Å². The second kappa shape index (κ2) is 6.72. The molecular weight excluding hydrogens is 298 g/mol. The summed E-state index contributed by atoms with van der Waals surface area (Å²) in [6.07, 6.45) is 1.84. The number of ether oxygens (including phenoxy) is 1. The van der Waals surface area contributed by atoms with Gasteiger partial charge in [-0.1, -0.05) is 12.1 Å². The van der Waals surface area contributed by atoms with Crippen LogP contribution < -0.4 is 0 Å². The van der Waals surface area contributed by atoms with Gasteiger partial charge in [0.05, 0.1) is 18.7 Å². The SMILES string of the molecule is COCCN(Cc1cccs1)C(=O)c1cc2ccccn2n1. The Morgan fingerprint density at radius 3 is 3.00 bits per heavy atom. The number of fused-ring (bicyclic) bond motifs is 1. The van der Waals surface area contributed by atoms with E-state index < -0.39 is 0 Å². The summed E-state index contributed by atoms with van der Waals surface area (Å²) >= 11 is 1.64. The van der Waals surface area contributed by atoms with Gasteiger partial charge < -0.3 is 9.64 Å². The van der Waals surface area contributed by atoms with Gasteiger partial charge >= 0.3 is 0 Å². The van der Waals surface area contributed by atoms with Crippen molar-refractivity contribution in [1.29, 1.82) is 0 Å². The Balaban J connectivity index is 1.83. The highest BCUT2D eigenvalue weighted by molar-refractivity contribution is 7.09. The Kier molecular flexibility index (Phi) is 4.50. The Morgan fingerprint density at radius 1 is 1.36 bits per heavy atom. The number of thiophene rings is 1. The van der Waals surface area contributed by atoms with Crippen molar-refractivity contribution in [3.8, 4) is 0 Å². The third-order valence-corrected chi connectivity index (χ3v) is 4.23. The van der Waals surface area contributed by atoms with E-state index in [1.54, 1.807) is 27.9 Å². The molecule has 6 heteroatoms. The Labute approximate surface area is 132 Å². The zero-order valence-corrected chi connectivity index (χ0v) is 13.1. The molecule has 0 N–H and O–H groups in total. The van der Waals surface area contributed by atoms with Gasteiger partial charge in [-0.05, 0) is 29.6 Å². The number of hydrogen-bond acceptors (Lipinski definition) is 4. The number of nitrogens with zero attached hydrogens (tertiary/aromatic N) is 3. The van der Waals surface area contributed by atoms with Crippen LogP contribution in [0.25, 0.3) is 5.52 Å². The maximum atomic E-state index is 12.7. The van der Waals surface area contributed by atoms with E-state index in [1.165, 1.54) is 0 Å². The maximum absolute atomic E-state index is 12.7. The van der Waals surface area contributed by atoms with E-state index in [2.05, 4.69) is 5.10 Å². The van der Waals surface area contributed by atoms with Crippen molar-refractivity contribution < 1.29 is 9.53 Å². The minimum atomic E-state index is -0.0749. The number of aromatic nitrogens is 2. The highest BCUT2D eigenvalue weighted by Crippen LogP contribution is 2.15. The molecule has 0 aliphatic heterocycles. The molecule has 5 nitrogen and oxygen atoms in total. The minimum absolute atomic E-state index is 0.0749. The lowest BCUT2D eigenvalue weighted by Gasteiger charge is -2.20. The Morgan fingerprint density at radius 2 is 2.27 bits per heavy atom. The summed E-state index contributed by atoms with van der Waals surface area (Å²) in [5.74, 6) is -0.0749. The molecule has 0 atom stereocenters. The lowest BCUT2D eigenvalue weighted by molar-refractivity contribution is 0.0676. The van der Waals surface area contributed by atoms with E-state index >= 15 is 0 Å². The maximum Gasteiger partial charge on any atom is 0.274 e. The van der Waals surface area contributed by atoms with Crippen molar-refractivity contribution in [2.24, 2.45) is 0 Å². The van der Waals surface area contributed by atoms with Crippen LogP contribution in [-0.2, 0) is 11.3 Å². The average Bonchev–Trinajstić information content (AvgIpc) is 3.19. The standard InChI is InChI=1S/C16H17N3O2S/c1-21-9-8-18(12-14-6-4-10-22-14)16(20)15-11-13-5-2-3-7-19(13)17-15/h2-7,10-11H,8-9,12H2,1H3. The number of hydrogen-bond donors (Lipinski definition) is 0. The van der Waals surface area contributed by atoms with E-state index in [4.69, 9.17) is 4.74 Å². The molecule has 0 radical (unpaired) electrons. The van der Waals surface area contributed by atoms with Gasteiger partial charge in [0.15, 0.2) is 5.69 Å². The summed E-state index contributed by atoms with van der Waals surface area (Å²) in [6.45, 7) is 1.62. The van der Waals surface area contributed by atoms with Crippen LogP contribution in [0.1, 0.15) is 15.4 Å². The van der Waals surface area contributed by atoms with Gasteiger partial charge in [0.25, 0.3) is 5.91 Å². The molecule has 3 aromatic rings. The summed E-state index contributed by atoms with van der Waals surface area (Å²) in [5.41, 5.74) is 1.37. The summed E-state index contributed by atoms with van der Waals surface area (Å²) in [7, 11) is 1.64. The van der Waals surface area contributed by atoms with Crippen LogP contribution >= 0.6 is 11.3 Å². The molecular formula is C16H17N3O2S. The van der Waals surface area contributed by atoms with Gasteiger partial charge in [-0.3, -0.25) is 4.79 Å². The Bertz CT molecular complexity index is 719. The molecule has 0 saturated carbocycles. The van der Waals surface area contributed by atoms with E-state index in [-0.39, 0.29) is 5.91 Å². The normalized spacial score (nSPS) is 11.0. The number of methoxy groups -OCH3 is 1. The van der Waals surface area contributed by atoms with E-state index in [0.717, 1.165) is 10.4 Å². The van der Waals surface area contributed by atoms with Gasteiger partial charge in [-0.15, -0.1) is 11.3 Å². The smallest absolute Gasteiger partial charge is 0.274 e. The van der Waals surface area contributed by atoms with Gasteiger partial charge in [-0.2, -0.15) is 5.10 Å².